The van der Waals surface area contributed by atoms with Gasteiger partial charge in [-0.25, -0.2) is 0 Å². The Hall–Kier alpha value is -2.97. The SMILES string of the molecule is COCCn1c(C)cc(C=C2C(=O)NC(=S)N(c3ccc(OC)cc3)C2=O)c1C. The van der Waals surface area contributed by atoms with E-state index >= 15 is 0 Å². The monoisotopic (exact) mass is 413 g/mol. The fourth-order valence-corrected chi connectivity index (χ4v) is 3.56. The summed E-state index contributed by atoms with van der Waals surface area (Å²) in [5.74, 6) is -0.315. The normalized spacial score (nSPS) is 15.8. The average molecular weight is 413 g/mol. The third-order valence-corrected chi connectivity index (χ3v) is 5.15. The number of aryl methyl sites for hydroxylation is 1. The number of carbonyl (C=O) groups excluding carboxylic acids is 2. The molecule has 2 aromatic rings. The van der Waals surface area contributed by atoms with Crippen LogP contribution in [-0.2, 0) is 20.9 Å². The Labute approximate surface area is 174 Å². The Morgan fingerprint density at radius 2 is 1.83 bits per heavy atom. The standard InChI is InChI=1S/C21H23N3O4S/c1-13-11-15(14(2)23(13)9-10-27-3)12-18-19(25)22-21(29)24(20(18)26)16-5-7-17(28-4)8-6-16/h5-8,11-12H,9-10H2,1-4H3,(H,22,25,29). The van der Waals surface area contributed by atoms with Gasteiger partial charge in [-0.1, -0.05) is 0 Å². The first-order chi connectivity index (χ1) is 13.9. The molecule has 152 valence electrons. The Balaban J connectivity index is 1.97. The average Bonchev–Trinajstić information content (AvgIpc) is 2.96. The second-order valence-electron chi connectivity index (χ2n) is 6.63. The molecule has 8 heteroatoms. The topological polar surface area (TPSA) is 72.8 Å². The minimum atomic E-state index is -0.508. The fourth-order valence-electron chi connectivity index (χ4n) is 3.28. The van der Waals surface area contributed by atoms with Crippen LogP contribution in [0.15, 0.2) is 35.9 Å². The number of rotatable bonds is 6. The molecule has 2 heterocycles. The Kier molecular flexibility index (Phi) is 6.14. The zero-order chi connectivity index (χ0) is 21.1. The number of methoxy groups -OCH3 is 2. The number of nitrogens with zero attached hydrogens (tertiary/aromatic N) is 2. The Bertz CT molecular complexity index is 992. The van der Waals surface area contributed by atoms with Crippen LogP contribution in [0, 0.1) is 13.8 Å². The van der Waals surface area contributed by atoms with Crippen molar-refractivity contribution >= 4 is 40.9 Å². The molecular weight excluding hydrogens is 390 g/mol. The predicted octanol–water partition coefficient (Wildman–Crippen LogP) is 2.59. The van der Waals surface area contributed by atoms with Crippen LogP contribution in [0.4, 0.5) is 5.69 Å². The summed E-state index contributed by atoms with van der Waals surface area (Å²) in [4.78, 5) is 27.0. The lowest BCUT2D eigenvalue weighted by Gasteiger charge is -2.29. The molecule has 1 aromatic heterocycles. The molecule has 29 heavy (non-hydrogen) atoms. The van der Waals surface area contributed by atoms with Gasteiger partial charge in [0.25, 0.3) is 11.8 Å². The molecule has 0 atom stereocenters. The molecule has 0 bridgehead atoms. The molecule has 2 amide bonds. The minimum Gasteiger partial charge on any atom is -0.497 e. The Morgan fingerprint density at radius 3 is 2.45 bits per heavy atom. The van der Waals surface area contributed by atoms with Crippen molar-refractivity contribution in [3.8, 4) is 5.75 Å². The van der Waals surface area contributed by atoms with Gasteiger partial charge in [0.15, 0.2) is 5.11 Å². The summed E-state index contributed by atoms with van der Waals surface area (Å²) in [5, 5.41) is 2.65. The number of carbonyl (C=O) groups is 2. The zero-order valence-electron chi connectivity index (χ0n) is 16.8. The number of thiocarbonyl (C=S) groups is 1. The first-order valence-corrected chi connectivity index (χ1v) is 9.49. The molecule has 0 saturated carbocycles. The van der Waals surface area contributed by atoms with Gasteiger partial charge in [-0.2, -0.15) is 0 Å². The zero-order valence-corrected chi connectivity index (χ0v) is 17.6. The summed E-state index contributed by atoms with van der Waals surface area (Å²) in [6, 6.07) is 8.84. The van der Waals surface area contributed by atoms with Crippen molar-refractivity contribution in [2.45, 2.75) is 20.4 Å². The smallest absolute Gasteiger partial charge is 0.270 e. The van der Waals surface area contributed by atoms with E-state index in [0.29, 0.717) is 24.6 Å². The summed E-state index contributed by atoms with van der Waals surface area (Å²) < 4.78 is 12.4. The number of hydrogen-bond donors (Lipinski definition) is 1. The van der Waals surface area contributed by atoms with Crippen molar-refractivity contribution in [1.82, 2.24) is 9.88 Å². The van der Waals surface area contributed by atoms with Crippen molar-refractivity contribution in [2.75, 3.05) is 25.7 Å². The van der Waals surface area contributed by atoms with Crippen LogP contribution >= 0.6 is 12.2 Å². The van der Waals surface area contributed by atoms with E-state index < -0.39 is 11.8 Å². The highest BCUT2D eigenvalue weighted by Crippen LogP contribution is 2.25. The first-order valence-electron chi connectivity index (χ1n) is 9.08. The van der Waals surface area contributed by atoms with E-state index in [0.717, 1.165) is 17.0 Å². The summed E-state index contributed by atoms with van der Waals surface area (Å²) >= 11 is 5.24. The van der Waals surface area contributed by atoms with Gasteiger partial charge in [-0.3, -0.25) is 19.8 Å². The number of anilines is 1. The number of benzene rings is 1. The predicted molar refractivity (Wildman–Crippen MR) is 115 cm³/mol. The molecule has 0 radical (unpaired) electrons. The van der Waals surface area contributed by atoms with E-state index in [2.05, 4.69) is 9.88 Å². The maximum atomic E-state index is 13.1. The molecule has 7 nitrogen and oxygen atoms in total. The van der Waals surface area contributed by atoms with Gasteiger partial charge in [-0.15, -0.1) is 0 Å². The largest absolute Gasteiger partial charge is 0.497 e. The molecule has 1 fully saturated rings. The van der Waals surface area contributed by atoms with E-state index in [1.807, 2.05) is 19.9 Å². The van der Waals surface area contributed by atoms with Gasteiger partial charge >= 0.3 is 0 Å². The number of hydrogen-bond acceptors (Lipinski definition) is 5. The molecule has 1 aliphatic rings. The van der Waals surface area contributed by atoms with E-state index in [9.17, 15) is 9.59 Å². The summed E-state index contributed by atoms with van der Waals surface area (Å²) in [7, 11) is 3.22. The molecule has 0 unspecified atom stereocenters. The van der Waals surface area contributed by atoms with Crippen molar-refractivity contribution in [3.63, 3.8) is 0 Å². The van der Waals surface area contributed by atoms with Crippen LogP contribution in [-0.4, -0.2) is 42.3 Å². The van der Waals surface area contributed by atoms with Crippen LogP contribution in [0.1, 0.15) is 17.0 Å². The highest BCUT2D eigenvalue weighted by Gasteiger charge is 2.34. The van der Waals surface area contributed by atoms with Crippen LogP contribution in [0.25, 0.3) is 6.08 Å². The molecule has 1 saturated heterocycles. The van der Waals surface area contributed by atoms with E-state index in [1.54, 1.807) is 44.6 Å². The molecule has 1 aliphatic heterocycles. The van der Waals surface area contributed by atoms with Gasteiger partial charge in [-0.05, 0) is 68.0 Å². The highest BCUT2D eigenvalue weighted by molar-refractivity contribution is 7.80. The van der Waals surface area contributed by atoms with Crippen LogP contribution in [0.2, 0.25) is 0 Å². The van der Waals surface area contributed by atoms with Gasteiger partial charge in [0.05, 0.1) is 19.4 Å². The van der Waals surface area contributed by atoms with E-state index in [1.165, 1.54) is 4.90 Å². The summed E-state index contributed by atoms with van der Waals surface area (Å²) in [6.07, 6.45) is 1.61. The highest BCUT2D eigenvalue weighted by atomic mass is 32.1. The lowest BCUT2D eigenvalue weighted by Crippen LogP contribution is -2.54. The van der Waals surface area contributed by atoms with Crippen molar-refractivity contribution in [3.05, 3.63) is 52.9 Å². The van der Waals surface area contributed by atoms with Gasteiger partial charge in [0.1, 0.15) is 11.3 Å². The quantitative estimate of drug-likeness (QED) is 0.448. The Morgan fingerprint density at radius 1 is 1.14 bits per heavy atom. The molecule has 3 rings (SSSR count). The molecular formula is C21H23N3O4S. The minimum absolute atomic E-state index is 0.0291. The third-order valence-electron chi connectivity index (χ3n) is 4.86. The first kappa shape index (κ1) is 20.8. The van der Waals surface area contributed by atoms with Gasteiger partial charge in [0.2, 0.25) is 0 Å². The van der Waals surface area contributed by atoms with E-state index in [-0.39, 0.29) is 10.7 Å². The summed E-state index contributed by atoms with van der Waals surface area (Å²) in [5.41, 5.74) is 3.37. The van der Waals surface area contributed by atoms with Crippen molar-refractivity contribution < 1.29 is 19.1 Å². The maximum absolute atomic E-state index is 13.1. The second kappa shape index (κ2) is 8.59. The van der Waals surface area contributed by atoms with E-state index in [4.69, 9.17) is 21.7 Å². The molecule has 0 spiro atoms. The second-order valence-corrected chi connectivity index (χ2v) is 7.01. The number of nitrogens with one attached hydrogen (secondary N) is 1. The number of aromatic nitrogens is 1. The van der Waals surface area contributed by atoms with Gasteiger partial charge in [0, 0.05) is 25.0 Å². The summed E-state index contributed by atoms with van der Waals surface area (Å²) in [6.45, 7) is 5.20. The fraction of sp³-hybridized carbons (Fsp3) is 0.286. The number of ether oxygens (including phenoxy) is 2. The van der Waals surface area contributed by atoms with Crippen molar-refractivity contribution in [1.29, 1.82) is 0 Å². The molecule has 1 N–H and O–H groups in total. The van der Waals surface area contributed by atoms with Crippen LogP contribution in [0.3, 0.4) is 0 Å². The lowest BCUT2D eigenvalue weighted by molar-refractivity contribution is -0.122. The van der Waals surface area contributed by atoms with Gasteiger partial charge < -0.3 is 14.0 Å². The number of amides is 2. The lowest BCUT2D eigenvalue weighted by atomic mass is 10.1. The van der Waals surface area contributed by atoms with Crippen molar-refractivity contribution in [2.24, 2.45) is 0 Å². The third kappa shape index (κ3) is 4.08. The maximum Gasteiger partial charge on any atom is 0.270 e. The van der Waals surface area contributed by atoms with Crippen LogP contribution in [0.5, 0.6) is 5.75 Å². The molecule has 1 aromatic carbocycles. The molecule has 0 aliphatic carbocycles. The van der Waals surface area contributed by atoms with Crippen LogP contribution < -0.4 is 15.0 Å².